The van der Waals surface area contributed by atoms with E-state index in [4.69, 9.17) is 19.9 Å². The Morgan fingerprint density at radius 2 is 2.14 bits per heavy atom. The van der Waals surface area contributed by atoms with E-state index in [2.05, 4.69) is 5.32 Å². The van der Waals surface area contributed by atoms with Gasteiger partial charge in [-0.25, -0.2) is 0 Å². The first kappa shape index (κ1) is 17.2. The third-order valence-electron chi connectivity index (χ3n) is 2.80. The number of nitrogens with one attached hydrogen (secondary N) is 1. The minimum absolute atomic E-state index is 0.103. The third-order valence-corrected chi connectivity index (χ3v) is 2.80. The number of benzene rings is 1. The van der Waals surface area contributed by atoms with E-state index >= 15 is 0 Å². The number of ether oxygens (including phenoxy) is 3. The lowest BCUT2D eigenvalue weighted by atomic mass is 10.1. The molecule has 0 spiro atoms. The largest absolute Gasteiger partial charge is 0.497 e. The molecule has 7 heteroatoms. The number of amides is 1. The van der Waals surface area contributed by atoms with Gasteiger partial charge in [0.15, 0.2) is 0 Å². The fourth-order valence-corrected chi connectivity index (χ4v) is 1.77. The zero-order chi connectivity index (χ0) is 15.7. The highest BCUT2D eigenvalue weighted by Crippen LogP contribution is 2.28. The van der Waals surface area contributed by atoms with Crippen LogP contribution in [0.4, 0.5) is 0 Å². The lowest BCUT2D eigenvalue weighted by Crippen LogP contribution is -2.27. The summed E-state index contributed by atoms with van der Waals surface area (Å²) >= 11 is 0. The van der Waals surface area contributed by atoms with Gasteiger partial charge >= 0.3 is 0 Å². The SMILES string of the molecule is COc1ccc(OC)c(C(O)CNCCOCC(N)=O)c1. The molecule has 4 N–H and O–H groups in total. The number of primary amides is 1. The lowest BCUT2D eigenvalue weighted by molar-refractivity contribution is -0.122. The molecule has 1 aromatic rings. The second kappa shape index (κ2) is 9.17. The average molecular weight is 298 g/mol. The molecule has 1 aromatic carbocycles. The fraction of sp³-hybridized carbons (Fsp3) is 0.500. The van der Waals surface area contributed by atoms with Crippen molar-refractivity contribution in [3.05, 3.63) is 23.8 Å². The Kier molecular flexibility index (Phi) is 7.52. The second-order valence-electron chi connectivity index (χ2n) is 4.35. The van der Waals surface area contributed by atoms with E-state index < -0.39 is 12.0 Å². The van der Waals surface area contributed by atoms with Gasteiger partial charge in [0.1, 0.15) is 18.1 Å². The quantitative estimate of drug-likeness (QED) is 0.518. The molecule has 1 atom stereocenters. The molecule has 1 rings (SSSR count). The Hall–Kier alpha value is -1.83. The number of hydrogen-bond donors (Lipinski definition) is 3. The number of carbonyl (C=O) groups excluding carboxylic acids is 1. The van der Waals surface area contributed by atoms with E-state index in [0.29, 0.717) is 36.8 Å². The van der Waals surface area contributed by atoms with Crippen molar-refractivity contribution < 1.29 is 24.1 Å². The molecule has 7 nitrogen and oxygen atoms in total. The molecule has 0 aromatic heterocycles. The molecular weight excluding hydrogens is 276 g/mol. The van der Waals surface area contributed by atoms with Crippen LogP contribution in [-0.4, -0.2) is 51.5 Å². The van der Waals surface area contributed by atoms with Crippen molar-refractivity contribution in [3.63, 3.8) is 0 Å². The van der Waals surface area contributed by atoms with Crippen molar-refractivity contribution in [3.8, 4) is 11.5 Å². The highest BCUT2D eigenvalue weighted by molar-refractivity contribution is 5.74. The zero-order valence-corrected chi connectivity index (χ0v) is 12.3. The number of carbonyl (C=O) groups is 1. The van der Waals surface area contributed by atoms with E-state index in [9.17, 15) is 9.90 Å². The minimum atomic E-state index is -0.744. The van der Waals surface area contributed by atoms with Gasteiger partial charge in [0.25, 0.3) is 0 Å². The second-order valence-corrected chi connectivity index (χ2v) is 4.35. The third kappa shape index (κ3) is 5.99. The summed E-state index contributed by atoms with van der Waals surface area (Å²) in [7, 11) is 3.11. The standard InChI is InChI=1S/C14H22N2O5/c1-19-10-3-4-13(20-2)11(7-10)12(17)8-16-5-6-21-9-14(15)18/h3-4,7,12,16-17H,5-6,8-9H2,1-2H3,(H2,15,18). The molecule has 118 valence electrons. The summed E-state index contributed by atoms with van der Waals surface area (Å²) < 4.78 is 15.4. The van der Waals surface area contributed by atoms with Crippen LogP contribution in [0.1, 0.15) is 11.7 Å². The van der Waals surface area contributed by atoms with E-state index in [0.717, 1.165) is 0 Å². The van der Waals surface area contributed by atoms with Crippen LogP contribution in [0.5, 0.6) is 11.5 Å². The van der Waals surface area contributed by atoms with Crippen LogP contribution in [0.15, 0.2) is 18.2 Å². The highest BCUT2D eigenvalue weighted by atomic mass is 16.5. The number of nitrogens with two attached hydrogens (primary N) is 1. The van der Waals surface area contributed by atoms with Crippen LogP contribution >= 0.6 is 0 Å². The number of aliphatic hydroxyl groups excluding tert-OH is 1. The maximum Gasteiger partial charge on any atom is 0.243 e. The van der Waals surface area contributed by atoms with Crippen LogP contribution in [0.25, 0.3) is 0 Å². The van der Waals surface area contributed by atoms with E-state index in [1.165, 1.54) is 0 Å². The van der Waals surface area contributed by atoms with Crippen molar-refractivity contribution in [2.45, 2.75) is 6.10 Å². The number of hydrogen-bond acceptors (Lipinski definition) is 6. The molecule has 0 fully saturated rings. The molecule has 0 radical (unpaired) electrons. The van der Waals surface area contributed by atoms with Crippen LogP contribution in [0.2, 0.25) is 0 Å². The normalized spacial score (nSPS) is 12.0. The summed E-state index contributed by atoms with van der Waals surface area (Å²) in [5, 5.41) is 13.2. The van der Waals surface area contributed by atoms with Gasteiger partial charge in [-0.1, -0.05) is 0 Å². The van der Waals surface area contributed by atoms with E-state index in [1.807, 2.05) is 0 Å². The Bertz CT molecular complexity index is 453. The Morgan fingerprint density at radius 1 is 1.38 bits per heavy atom. The molecule has 1 amide bonds. The van der Waals surface area contributed by atoms with Gasteiger partial charge in [0.05, 0.1) is 26.9 Å². The Labute approximate surface area is 124 Å². The molecule has 0 bridgehead atoms. The predicted molar refractivity (Wildman–Crippen MR) is 77.4 cm³/mol. The van der Waals surface area contributed by atoms with Crippen LogP contribution in [0, 0.1) is 0 Å². The van der Waals surface area contributed by atoms with Crippen molar-refractivity contribution in [1.29, 1.82) is 0 Å². The smallest absolute Gasteiger partial charge is 0.243 e. The summed E-state index contributed by atoms with van der Waals surface area (Å²) in [6, 6.07) is 5.24. The molecule has 0 aliphatic heterocycles. The lowest BCUT2D eigenvalue weighted by Gasteiger charge is -2.16. The first-order valence-electron chi connectivity index (χ1n) is 6.55. The van der Waals surface area contributed by atoms with Gasteiger partial charge in [-0.05, 0) is 18.2 Å². The number of aliphatic hydroxyl groups is 1. The molecule has 21 heavy (non-hydrogen) atoms. The molecule has 0 aliphatic carbocycles. The van der Waals surface area contributed by atoms with Gasteiger partial charge in [0, 0.05) is 18.7 Å². The Balaban J connectivity index is 2.44. The van der Waals surface area contributed by atoms with Gasteiger partial charge < -0.3 is 30.4 Å². The summed E-state index contributed by atoms with van der Waals surface area (Å²) in [5.41, 5.74) is 5.58. The molecule has 1 unspecified atom stereocenters. The summed E-state index contributed by atoms with van der Waals surface area (Å²) in [4.78, 5) is 10.5. The Morgan fingerprint density at radius 3 is 2.76 bits per heavy atom. The maximum atomic E-state index is 10.5. The van der Waals surface area contributed by atoms with Crippen molar-refractivity contribution in [2.75, 3.05) is 40.5 Å². The van der Waals surface area contributed by atoms with Gasteiger partial charge in [-0.15, -0.1) is 0 Å². The van der Waals surface area contributed by atoms with Crippen molar-refractivity contribution in [1.82, 2.24) is 5.32 Å². The molecule has 0 heterocycles. The van der Waals surface area contributed by atoms with Crippen LogP contribution in [-0.2, 0) is 9.53 Å². The summed E-state index contributed by atoms with van der Waals surface area (Å²) in [6.45, 7) is 1.05. The van der Waals surface area contributed by atoms with E-state index in [-0.39, 0.29) is 6.61 Å². The van der Waals surface area contributed by atoms with Gasteiger partial charge in [-0.3, -0.25) is 4.79 Å². The number of methoxy groups -OCH3 is 2. The van der Waals surface area contributed by atoms with Gasteiger partial charge in [0.2, 0.25) is 5.91 Å². The summed E-state index contributed by atoms with van der Waals surface area (Å²) in [5.74, 6) is 0.737. The zero-order valence-electron chi connectivity index (χ0n) is 12.3. The van der Waals surface area contributed by atoms with Gasteiger partial charge in [-0.2, -0.15) is 0 Å². The van der Waals surface area contributed by atoms with Crippen molar-refractivity contribution in [2.24, 2.45) is 5.73 Å². The maximum absolute atomic E-state index is 10.5. The topological polar surface area (TPSA) is 103 Å². The highest BCUT2D eigenvalue weighted by Gasteiger charge is 2.14. The first-order valence-corrected chi connectivity index (χ1v) is 6.55. The molecule has 0 saturated carbocycles. The van der Waals surface area contributed by atoms with Crippen LogP contribution in [0.3, 0.4) is 0 Å². The minimum Gasteiger partial charge on any atom is -0.497 e. The van der Waals surface area contributed by atoms with Crippen molar-refractivity contribution >= 4 is 5.91 Å². The van der Waals surface area contributed by atoms with E-state index in [1.54, 1.807) is 32.4 Å². The van der Waals surface area contributed by atoms with Crippen LogP contribution < -0.4 is 20.5 Å². The average Bonchev–Trinajstić information content (AvgIpc) is 2.49. The first-order chi connectivity index (χ1) is 10.1. The molecule has 0 aliphatic rings. The fourth-order valence-electron chi connectivity index (χ4n) is 1.77. The number of rotatable bonds is 10. The predicted octanol–water partition coefficient (Wildman–Crippen LogP) is -0.171. The monoisotopic (exact) mass is 298 g/mol. The molecule has 0 saturated heterocycles. The summed E-state index contributed by atoms with van der Waals surface area (Å²) in [6.07, 6.45) is -0.744. The molecular formula is C14H22N2O5.